The summed E-state index contributed by atoms with van der Waals surface area (Å²) in [6.07, 6.45) is 0. The lowest BCUT2D eigenvalue weighted by atomic mass is 10.0. The molecular weight excluding hydrogens is 270 g/mol. The van der Waals surface area contributed by atoms with Crippen molar-refractivity contribution in [1.82, 2.24) is 0 Å². The molecule has 0 N–H and O–H groups in total. The highest BCUT2D eigenvalue weighted by atomic mass is 16.5. The molecule has 2 aromatic rings. The van der Waals surface area contributed by atoms with E-state index in [1.165, 1.54) is 16.8 Å². The lowest BCUT2D eigenvalue weighted by Crippen LogP contribution is -2.12. The van der Waals surface area contributed by atoms with Gasteiger partial charge in [-0.2, -0.15) is 0 Å². The van der Waals surface area contributed by atoms with Crippen LogP contribution in [0.25, 0.3) is 0 Å². The molecule has 0 aliphatic rings. The molecule has 0 heterocycles. The number of ether oxygens (including phenoxy) is 1. The van der Waals surface area contributed by atoms with E-state index in [9.17, 15) is 0 Å². The zero-order chi connectivity index (χ0) is 16.3. The SMILES string of the molecule is COc1ccc(C(C)C)cc1N(C)c1cccc(C(C)C)c1. The van der Waals surface area contributed by atoms with Crippen LogP contribution >= 0.6 is 0 Å². The largest absolute Gasteiger partial charge is 0.495 e. The second-order valence-corrected chi connectivity index (χ2v) is 6.39. The highest BCUT2D eigenvalue weighted by Crippen LogP contribution is 2.35. The van der Waals surface area contributed by atoms with Gasteiger partial charge in [-0.15, -0.1) is 0 Å². The average Bonchev–Trinajstić information content (AvgIpc) is 2.53. The Labute approximate surface area is 134 Å². The fourth-order valence-electron chi connectivity index (χ4n) is 2.56. The number of hydrogen-bond acceptors (Lipinski definition) is 2. The molecule has 0 saturated carbocycles. The molecule has 0 aliphatic carbocycles. The van der Waals surface area contributed by atoms with Gasteiger partial charge in [-0.1, -0.05) is 45.9 Å². The van der Waals surface area contributed by atoms with E-state index in [0.29, 0.717) is 11.8 Å². The van der Waals surface area contributed by atoms with Crippen LogP contribution in [-0.2, 0) is 0 Å². The molecule has 0 amide bonds. The van der Waals surface area contributed by atoms with Gasteiger partial charge in [0.25, 0.3) is 0 Å². The maximum absolute atomic E-state index is 5.56. The summed E-state index contributed by atoms with van der Waals surface area (Å²) in [6, 6.07) is 15.1. The van der Waals surface area contributed by atoms with Gasteiger partial charge in [0.1, 0.15) is 5.75 Å². The summed E-state index contributed by atoms with van der Waals surface area (Å²) in [7, 11) is 3.83. The van der Waals surface area contributed by atoms with Crippen molar-refractivity contribution >= 4 is 11.4 Å². The predicted molar refractivity (Wildman–Crippen MR) is 95.7 cm³/mol. The Bertz CT molecular complexity index is 631. The van der Waals surface area contributed by atoms with Gasteiger partial charge in [-0.05, 0) is 47.2 Å². The van der Waals surface area contributed by atoms with Crippen LogP contribution in [0.3, 0.4) is 0 Å². The molecule has 0 spiro atoms. The van der Waals surface area contributed by atoms with Crippen molar-refractivity contribution in [3.63, 3.8) is 0 Å². The summed E-state index contributed by atoms with van der Waals surface area (Å²) in [5, 5.41) is 0. The quantitative estimate of drug-likeness (QED) is 0.701. The highest BCUT2D eigenvalue weighted by molar-refractivity contribution is 5.70. The van der Waals surface area contributed by atoms with E-state index in [1.807, 2.05) is 0 Å². The molecule has 0 fully saturated rings. The first-order valence-corrected chi connectivity index (χ1v) is 7.95. The van der Waals surface area contributed by atoms with Crippen LogP contribution in [0.1, 0.15) is 50.7 Å². The lowest BCUT2D eigenvalue weighted by Gasteiger charge is -2.24. The van der Waals surface area contributed by atoms with E-state index in [1.54, 1.807) is 7.11 Å². The fourth-order valence-corrected chi connectivity index (χ4v) is 2.56. The van der Waals surface area contributed by atoms with Gasteiger partial charge in [0.2, 0.25) is 0 Å². The first kappa shape index (κ1) is 16.4. The molecular formula is C20H27NO. The number of anilines is 2. The monoisotopic (exact) mass is 297 g/mol. The molecule has 0 aliphatic heterocycles. The van der Waals surface area contributed by atoms with Crippen molar-refractivity contribution in [3.05, 3.63) is 53.6 Å². The average molecular weight is 297 g/mol. The normalized spacial score (nSPS) is 11.1. The van der Waals surface area contributed by atoms with Gasteiger partial charge >= 0.3 is 0 Å². The van der Waals surface area contributed by atoms with E-state index >= 15 is 0 Å². The maximum Gasteiger partial charge on any atom is 0.142 e. The van der Waals surface area contributed by atoms with Crippen molar-refractivity contribution in [2.75, 3.05) is 19.1 Å². The van der Waals surface area contributed by atoms with Gasteiger partial charge in [0.05, 0.1) is 12.8 Å². The predicted octanol–water partition coefficient (Wildman–Crippen LogP) is 5.71. The minimum absolute atomic E-state index is 0.500. The van der Waals surface area contributed by atoms with E-state index < -0.39 is 0 Å². The van der Waals surface area contributed by atoms with Crippen LogP contribution in [0.15, 0.2) is 42.5 Å². The van der Waals surface area contributed by atoms with Gasteiger partial charge in [-0.3, -0.25) is 0 Å². The zero-order valence-corrected chi connectivity index (χ0v) is 14.6. The van der Waals surface area contributed by atoms with Gasteiger partial charge in [-0.25, -0.2) is 0 Å². The summed E-state index contributed by atoms with van der Waals surface area (Å²) in [5.74, 6) is 1.93. The van der Waals surface area contributed by atoms with Crippen LogP contribution in [0.5, 0.6) is 5.75 Å². The van der Waals surface area contributed by atoms with Gasteiger partial charge < -0.3 is 9.64 Å². The third kappa shape index (κ3) is 3.44. The Hall–Kier alpha value is -1.96. The van der Waals surface area contributed by atoms with Crippen molar-refractivity contribution in [2.45, 2.75) is 39.5 Å². The van der Waals surface area contributed by atoms with Crippen LogP contribution in [0, 0.1) is 0 Å². The Morgan fingerprint density at radius 1 is 0.864 bits per heavy atom. The van der Waals surface area contributed by atoms with Crippen molar-refractivity contribution in [1.29, 1.82) is 0 Å². The molecule has 22 heavy (non-hydrogen) atoms. The van der Waals surface area contributed by atoms with E-state index in [2.05, 4.69) is 82.1 Å². The van der Waals surface area contributed by atoms with Crippen molar-refractivity contribution in [3.8, 4) is 5.75 Å². The summed E-state index contributed by atoms with van der Waals surface area (Å²) < 4.78 is 5.56. The van der Waals surface area contributed by atoms with Crippen LogP contribution in [0.4, 0.5) is 11.4 Å². The minimum atomic E-state index is 0.500. The van der Waals surface area contributed by atoms with Crippen molar-refractivity contribution in [2.24, 2.45) is 0 Å². The fraction of sp³-hybridized carbons (Fsp3) is 0.400. The number of rotatable bonds is 5. The molecule has 0 aromatic heterocycles. The smallest absolute Gasteiger partial charge is 0.142 e. The molecule has 0 atom stereocenters. The second kappa shape index (κ2) is 6.87. The van der Waals surface area contributed by atoms with Crippen molar-refractivity contribution < 1.29 is 4.74 Å². The van der Waals surface area contributed by atoms with E-state index in [0.717, 1.165) is 11.4 Å². The number of benzene rings is 2. The van der Waals surface area contributed by atoms with Crippen LogP contribution in [-0.4, -0.2) is 14.2 Å². The third-order valence-corrected chi connectivity index (χ3v) is 4.16. The van der Waals surface area contributed by atoms with E-state index in [4.69, 9.17) is 4.74 Å². The summed E-state index contributed by atoms with van der Waals surface area (Å²) in [6.45, 7) is 8.87. The summed E-state index contributed by atoms with van der Waals surface area (Å²) in [4.78, 5) is 2.20. The molecule has 2 aromatic carbocycles. The molecule has 0 radical (unpaired) electrons. The topological polar surface area (TPSA) is 12.5 Å². The molecule has 2 rings (SSSR count). The Morgan fingerprint density at radius 2 is 1.50 bits per heavy atom. The van der Waals surface area contributed by atoms with Gasteiger partial charge in [0.15, 0.2) is 0 Å². The number of nitrogens with zero attached hydrogens (tertiary/aromatic N) is 1. The molecule has 118 valence electrons. The number of methoxy groups -OCH3 is 1. The molecule has 2 heteroatoms. The molecule has 0 bridgehead atoms. The van der Waals surface area contributed by atoms with Gasteiger partial charge in [0, 0.05) is 12.7 Å². The Morgan fingerprint density at radius 3 is 2.09 bits per heavy atom. The highest BCUT2D eigenvalue weighted by Gasteiger charge is 2.13. The molecule has 0 saturated heterocycles. The lowest BCUT2D eigenvalue weighted by molar-refractivity contribution is 0.415. The third-order valence-electron chi connectivity index (χ3n) is 4.16. The zero-order valence-electron chi connectivity index (χ0n) is 14.6. The molecule has 2 nitrogen and oxygen atoms in total. The maximum atomic E-state index is 5.56. The van der Waals surface area contributed by atoms with Crippen LogP contribution in [0.2, 0.25) is 0 Å². The Balaban J connectivity index is 2.45. The van der Waals surface area contributed by atoms with Crippen LogP contribution < -0.4 is 9.64 Å². The first-order chi connectivity index (χ1) is 10.4. The van der Waals surface area contributed by atoms with E-state index in [-0.39, 0.29) is 0 Å². The standard InChI is InChI=1S/C20H27NO/c1-14(2)16-8-7-9-18(12-16)21(5)19-13-17(15(3)4)10-11-20(19)22-6/h7-15H,1-6H3. The molecule has 0 unspecified atom stereocenters. The first-order valence-electron chi connectivity index (χ1n) is 7.95. The summed E-state index contributed by atoms with van der Waals surface area (Å²) >= 11 is 0. The summed E-state index contributed by atoms with van der Waals surface area (Å²) in [5.41, 5.74) is 4.96. The number of hydrogen-bond donors (Lipinski definition) is 0. The second-order valence-electron chi connectivity index (χ2n) is 6.39. The Kier molecular flexibility index (Phi) is 5.12. The minimum Gasteiger partial charge on any atom is -0.495 e.